The Balaban J connectivity index is 1.73. The number of rotatable bonds is 9. The van der Waals surface area contributed by atoms with E-state index in [1.165, 1.54) is 6.26 Å². The number of carbonyl (C=O) groups excluding carboxylic acids is 1. The van der Waals surface area contributed by atoms with E-state index in [1.54, 1.807) is 24.5 Å². The van der Waals surface area contributed by atoms with Crippen molar-refractivity contribution in [3.63, 3.8) is 0 Å². The van der Waals surface area contributed by atoms with E-state index in [1.807, 2.05) is 61.5 Å². The van der Waals surface area contributed by atoms with Gasteiger partial charge >= 0.3 is 5.97 Å². The predicted molar refractivity (Wildman–Crippen MR) is 162 cm³/mol. The second kappa shape index (κ2) is 10.5. The fraction of sp³-hybridized carbons (Fsp3) is 0.533. The van der Waals surface area contributed by atoms with Gasteiger partial charge in [0.05, 0.1) is 27.5 Å². The highest BCUT2D eigenvalue weighted by molar-refractivity contribution is 7.93. The van der Waals surface area contributed by atoms with E-state index < -0.39 is 25.4 Å². The number of anilines is 2. The summed E-state index contributed by atoms with van der Waals surface area (Å²) in [4.78, 5) is 26.5. The molecule has 10 nitrogen and oxygen atoms in total. The Bertz CT molecular complexity index is 1600. The Morgan fingerprint density at radius 3 is 2.51 bits per heavy atom. The molecule has 0 spiro atoms. The van der Waals surface area contributed by atoms with Crippen LogP contribution in [-0.2, 0) is 25.4 Å². The maximum Gasteiger partial charge on any atom is 0.340 e. The summed E-state index contributed by atoms with van der Waals surface area (Å²) in [6.45, 7) is 15.4. The zero-order valence-electron chi connectivity index (χ0n) is 25.4. The number of nitrogens with one attached hydrogen (secondary N) is 2. The van der Waals surface area contributed by atoms with E-state index >= 15 is 0 Å². The zero-order valence-corrected chi connectivity index (χ0v) is 26.2. The van der Waals surface area contributed by atoms with Crippen LogP contribution in [-0.4, -0.2) is 48.3 Å². The third-order valence-electron chi connectivity index (χ3n) is 8.51. The number of hydrogen-bond donors (Lipinski definition) is 3. The predicted octanol–water partition coefficient (Wildman–Crippen LogP) is 5.80. The minimum absolute atomic E-state index is 0.313. The van der Waals surface area contributed by atoms with Crippen LogP contribution in [0.2, 0.25) is 0 Å². The molecule has 1 aliphatic heterocycles. The van der Waals surface area contributed by atoms with Gasteiger partial charge in [-0.2, -0.15) is 0 Å². The third kappa shape index (κ3) is 5.88. The smallest absolute Gasteiger partial charge is 0.340 e. The van der Waals surface area contributed by atoms with Crippen molar-refractivity contribution in [2.45, 2.75) is 96.1 Å². The summed E-state index contributed by atoms with van der Waals surface area (Å²) in [5.41, 5.74) is 7.56. The normalized spacial score (nSPS) is 20.3. The number of esters is 1. The molecule has 3 aromatic rings. The van der Waals surface area contributed by atoms with Crippen molar-refractivity contribution in [1.29, 1.82) is 4.78 Å². The molecule has 4 rings (SSSR count). The molecule has 0 aliphatic carbocycles. The van der Waals surface area contributed by atoms with Crippen molar-refractivity contribution < 1.29 is 18.5 Å². The minimum atomic E-state index is -2.79. The molecule has 0 aromatic carbocycles. The molecule has 0 bridgehead atoms. The lowest BCUT2D eigenvalue weighted by atomic mass is 9.79. The molecule has 1 unspecified atom stereocenters. The number of nitrogens with zero attached hydrogens (tertiary/aromatic N) is 3. The van der Waals surface area contributed by atoms with Gasteiger partial charge in [-0.25, -0.2) is 24.0 Å². The molecular formula is C30H42N6O4S. The molecule has 0 saturated carbocycles. The Labute approximate surface area is 242 Å². The summed E-state index contributed by atoms with van der Waals surface area (Å²) in [5, 5.41) is 4.82. The van der Waals surface area contributed by atoms with Gasteiger partial charge < -0.3 is 20.5 Å². The standard InChI is InChI=1S/C30H42N6O4S/c1-10-30(8,31)22-16-34-26(39-17(2)14-28(4,5)41(9,32)38)21-15-33-24(13-20(21)22)35-23-12-11-19-25(36-23)29(6,7)18(3)40-27(19)37/h11-13,15-18,32H,10,14,31H2,1-9H3,(H,33,35,36)/t17-,18+,30-,41?/m1/s1. The maximum atomic E-state index is 12.5. The summed E-state index contributed by atoms with van der Waals surface area (Å²) < 4.78 is 31.5. The fourth-order valence-electron chi connectivity index (χ4n) is 4.88. The molecule has 0 saturated heterocycles. The highest BCUT2D eigenvalue weighted by Crippen LogP contribution is 2.38. The van der Waals surface area contributed by atoms with Gasteiger partial charge in [-0.3, -0.25) is 4.78 Å². The van der Waals surface area contributed by atoms with Crippen LogP contribution in [0.15, 0.2) is 30.6 Å². The highest BCUT2D eigenvalue weighted by Gasteiger charge is 2.41. The van der Waals surface area contributed by atoms with E-state index in [9.17, 15) is 9.00 Å². The average Bonchev–Trinajstić information content (AvgIpc) is 2.86. The lowest BCUT2D eigenvalue weighted by Crippen LogP contribution is -2.42. The summed E-state index contributed by atoms with van der Waals surface area (Å²) in [7, 11) is -2.79. The number of cyclic esters (lactones) is 1. The molecule has 0 fully saturated rings. The molecule has 4 heterocycles. The van der Waals surface area contributed by atoms with Crippen LogP contribution in [0.1, 0.15) is 89.8 Å². The first-order valence-corrected chi connectivity index (χ1v) is 15.8. The van der Waals surface area contributed by atoms with Crippen LogP contribution in [0.5, 0.6) is 5.88 Å². The summed E-state index contributed by atoms with van der Waals surface area (Å²) in [6.07, 6.45) is 5.34. The number of aromatic nitrogens is 3. The molecule has 41 heavy (non-hydrogen) atoms. The van der Waals surface area contributed by atoms with E-state index in [0.717, 1.165) is 10.9 Å². The van der Waals surface area contributed by atoms with Crippen LogP contribution in [0, 0.1) is 4.78 Å². The molecule has 4 N–H and O–H groups in total. The van der Waals surface area contributed by atoms with Crippen molar-refractivity contribution in [2.24, 2.45) is 5.73 Å². The number of nitrogens with two attached hydrogens (primary N) is 1. The lowest BCUT2D eigenvalue weighted by Gasteiger charge is -2.36. The topological polar surface area (TPSA) is 153 Å². The molecule has 3 aromatic heterocycles. The van der Waals surface area contributed by atoms with Gasteiger partial charge in [0.1, 0.15) is 17.7 Å². The van der Waals surface area contributed by atoms with Gasteiger partial charge in [-0.05, 0) is 70.2 Å². The van der Waals surface area contributed by atoms with Crippen LogP contribution in [0.4, 0.5) is 11.6 Å². The quantitative estimate of drug-likeness (QED) is 0.266. The second-order valence-electron chi connectivity index (χ2n) is 12.6. The monoisotopic (exact) mass is 582 g/mol. The Morgan fingerprint density at radius 2 is 1.88 bits per heavy atom. The summed E-state index contributed by atoms with van der Waals surface area (Å²) in [5.74, 6) is 1.13. The average molecular weight is 583 g/mol. The number of carbonyl (C=O) groups is 1. The Kier molecular flexibility index (Phi) is 7.85. The van der Waals surface area contributed by atoms with Crippen LogP contribution in [0.25, 0.3) is 10.8 Å². The number of pyridine rings is 3. The number of ether oxygens (including phenoxy) is 2. The van der Waals surface area contributed by atoms with E-state index in [2.05, 4.69) is 15.3 Å². The first-order valence-electron chi connectivity index (χ1n) is 13.8. The first-order chi connectivity index (χ1) is 18.9. The molecular weight excluding hydrogens is 540 g/mol. The van der Waals surface area contributed by atoms with Crippen LogP contribution < -0.4 is 15.8 Å². The van der Waals surface area contributed by atoms with Crippen LogP contribution in [0.3, 0.4) is 0 Å². The van der Waals surface area contributed by atoms with Gasteiger partial charge in [0.25, 0.3) is 0 Å². The van der Waals surface area contributed by atoms with E-state index in [0.29, 0.717) is 47.0 Å². The maximum absolute atomic E-state index is 12.5. The lowest BCUT2D eigenvalue weighted by molar-refractivity contribution is 0.00864. The SMILES string of the molecule is CC[C@@](C)(N)c1cnc(O[C@H](C)CC(C)(C)S(C)(=N)=O)c2cnc(Nc3ccc4c(n3)C(C)(C)[C@H](C)OC4=O)cc12. The van der Waals surface area contributed by atoms with Gasteiger partial charge in [0, 0.05) is 45.8 Å². The van der Waals surface area contributed by atoms with Crippen molar-refractivity contribution in [3.05, 3.63) is 47.4 Å². The minimum Gasteiger partial charge on any atom is -0.474 e. The van der Waals surface area contributed by atoms with Crippen LogP contribution >= 0.6 is 0 Å². The summed E-state index contributed by atoms with van der Waals surface area (Å²) in [6, 6.07) is 5.37. The molecule has 0 radical (unpaired) electrons. The van der Waals surface area contributed by atoms with Gasteiger partial charge in [0.15, 0.2) is 0 Å². The van der Waals surface area contributed by atoms with Gasteiger partial charge in [0.2, 0.25) is 5.88 Å². The largest absolute Gasteiger partial charge is 0.474 e. The van der Waals surface area contributed by atoms with Crippen molar-refractivity contribution in [3.8, 4) is 5.88 Å². The molecule has 4 atom stereocenters. The van der Waals surface area contributed by atoms with Crippen molar-refractivity contribution in [1.82, 2.24) is 15.0 Å². The van der Waals surface area contributed by atoms with Gasteiger partial charge in [-0.15, -0.1) is 0 Å². The van der Waals surface area contributed by atoms with Gasteiger partial charge in [-0.1, -0.05) is 20.8 Å². The number of hydrogen-bond acceptors (Lipinski definition) is 10. The van der Waals surface area contributed by atoms with E-state index in [4.69, 9.17) is 25.0 Å². The zero-order chi connectivity index (χ0) is 30.5. The number of fused-ring (bicyclic) bond motifs is 2. The molecule has 222 valence electrons. The fourth-order valence-corrected chi connectivity index (χ4v) is 5.43. The Morgan fingerprint density at radius 1 is 1.20 bits per heavy atom. The Hall–Kier alpha value is -3.31. The molecule has 0 amide bonds. The molecule has 11 heteroatoms. The van der Waals surface area contributed by atoms with E-state index in [-0.39, 0.29) is 18.2 Å². The van der Waals surface area contributed by atoms with Crippen molar-refractivity contribution in [2.75, 3.05) is 11.6 Å². The third-order valence-corrected chi connectivity index (χ3v) is 10.8. The first kappa shape index (κ1) is 30.6. The highest BCUT2D eigenvalue weighted by atomic mass is 32.2. The second-order valence-corrected chi connectivity index (χ2v) is 15.4. The molecule has 1 aliphatic rings. The van der Waals surface area contributed by atoms with Crippen molar-refractivity contribution >= 4 is 38.1 Å². The summed E-state index contributed by atoms with van der Waals surface area (Å²) >= 11 is 0.